The monoisotopic (exact) mass is 532 g/mol. The van der Waals surface area contributed by atoms with Gasteiger partial charge >= 0.3 is 10.4 Å². The first-order valence-corrected chi connectivity index (χ1v) is 12.4. The molecule has 1 aromatic rings. The lowest BCUT2D eigenvalue weighted by atomic mass is 10.0. The average Bonchev–Trinajstić information content (AvgIpc) is 3.28. The lowest BCUT2D eigenvalue weighted by Gasteiger charge is -2.29. The Morgan fingerprint density at radius 3 is 2.39 bits per heavy atom. The summed E-state index contributed by atoms with van der Waals surface area (Å²) in [7, 11) is -2.92. The summed E-state index contributed by atoms with van der Waals surface area (Å²) in [5.41, 5.74) is 11.6. The third-order valence-electron chi connectivity index (χ3n) is 5.23. The maximum absolute atomic E-state index is 13.1. The van der Waals surface area contributed by atoms with Gasteiger partial charge in [-0.25, -0.2) is 0 Å². The van der Waals surface area contributed by atoms with E-state index in [0.29, 0.717) is 45.1 Å². The summed E-state index contributed by atoms with van der Waals surface area (Å²) in [5.74, 6) is -0.403. The lowest BCUT2D eigenvalue weighted by molar-refractivity contribution is -0.140. The van der Waals surface area contributed by atoms with Gasteiger partial charge in [0.25, 0.3) is 0 Å². The van der Waals surface area contributed by atoms with Crippen molar-refractivity contribution < 1.29 is 37.4 Å². The molecule has 2 rings (SSSR count). The van der Waals surface area contributed by atoms with E-state index in [0.717, 1.165) is 12.0 Å². The van der Waals surface area contributed by atoms with Gasteiger partial charge in [0.1, 0.15) is 12.3 Å². The molecule has 0 spiro atoms. The zero-order valence-corrected chi connectivity index (χ0v) is 20.9. The molecule has 0 bridgehead atoms. The molecule has 15 heteroatoms. The normalized spacial score (nSPS) is 16.4. The molecule has 3 atom stereocenters. The van der Waals surface area contributed by atoms with Crippen molar-refractivity contribution in [3.63, 3.8) is 0 Å². The summed E-state index contributed by atoms with van der Waals surface area (Å²) >= 11 is 0. The van der Waals surface area contributed by atoms with E-state index in [9.17, 15) is 14.4 Å². The molecule has 204 valence electrons. The second-order valence-corrected chi connectivity index (χ2v) is 8.76. The van der Waals surface area contributed by atoms with Crippen LogP contribution in [-0.2, 0) is 31.2 Å². The molecular formula is C21H36N6O8S. The number of nitrogens with two attached hydrogens (primary N) is 2. The molecule has 0 saturated carbocycles. The van der Waals surface area contributed by atoms with Crippen LogP contribution in [0.25, 0.3) is 0 Å². The highest BCUT2D eigenvalue weighted by Gasteiger charge is 2.37. The van der Waals surface area contributed by atoms with E-state index in [1.165, 1.54) is 0 Å². The highest BCUT2D eigenvalue weighted by Crippen LogP contribution is 2.20. The standard InChI is InChI=1S/C21H32N6O3.H2O4S.H2O/c1-24-17(13-15-7-3-2-4-8-15)20(30)27-12-6-10-18(27)19(29)26-16(14-28)9-5-11-25-21(22)23;1-5(2,3)4;/h2-4,7-8,14,16-18,24H,5-6,9-13H2,1H3,(H,26,29)(H4,22,23,25);(H2,1,2,3,4);1H2/t16?,17-,18?;;/m1../s1. The van der Waals surface area contributed by atoms with Gasteiger partial charge in [-0.2, -0.15) is 8.42 Å². The first kappa shape index (κ1) is 32.9. The van der Waals surface area contributed by atoms with Gasteiger partial charge in [0, 0.05) is 13.1 Å². The van der Waals surface area contributed by atoms with Gasteiger partial charge in [0.15, 0.2) is 5.96 Å². The zero-order chi connectivity index (χ0) is 26.4. The Balaban J connectivity index is 0.00000185. The smallest absolute Gasteiger partial charge is 0.394 e. The molecule has 1 heterocycles. The number of amides is 2. The van der Waals surface area contributed by atoms with Gasteiger partial charge < -0.3 is 37.3 Å². The fraction of sp³-hybridized carbons (Fsp3) is 0.524. The van der Waals surface area contributed by atoms with Gasteiger partial charge in [-0.15, -0.1) is 0 Å². The number of hydrogen-bond acceptors (Lipinski definition) is 7. The molecule has 1 aromatic carbocycles. The van der Waals surface area contributed by atoms with E-state index in [-0.39, 0.29) is 23.3 Å². The van der Waals surface area contributed by atoms with Crippen molar-refractivity contribution >= 4 is 34.5 Å². The fourth-order valence-corrected chi connectivity index (χ4v) is 3.64. The average molecular weight is 533 g/mol. The van der Waals surface area contributed by atoms with Crippen molar-refractivity contribution in [1.82, 2.24) is 15.5 Å². The predicted octanol–water partition coefficient (Wildman–Crippen LogP) is -1.93. The third-order valence-corrected chi connectivity index (χ3v) is 5.23. The quantitative estimate of drug-likeness (QED) is 0.0605. The van der Waals surface area contributed by atoms with E-state index < -0.39 is 28.5 Å². The minimum Gasteiger partial charge on any atom is -0.412 e. The highest BCUT2D eigenvalue weighted by molar-refractivity contribution is 7.79. The third kappa shape index (κ3) is 13.1. The molecule has 0 aromatic heterocycles. The van der Waals surface area contributed by atoms with Crippen LogP contribution in [0, 0.1) is 0 Å². The molecule has 10 N–H and O–H groups in total. The maximum Gasteiger partial charge on any atom is 0.394 e. The molecular weight excluding hydrogens is 496 g/mol. The number of aliphatic imine (C=N–C) groups is 1. The molecule has 2 unspecified atom stereocenters. The van der Waals surface area contributed by atoms with E-state index in [1.807, 2.05) is 30.3 Å². The van der Waals surface area contributed by atoms with Crippen LogP contribution in [0.15, 0.2) is 35.3 Å². The van der Waals surface area contributed by atoms with Crippen molar-refractivity contribution in [2.24, 2.45) is 16.5 Å². The Morgan fingerprint density at radius 1 is 1.25 bits per heavy atom. The molecule has 1 aliphatic rings. The predicted molar refractivity (Wildman–Crippen MR) is 133 cm³/mol. The van der Waals surface area contributed by atoms with Gasteiger partial charge in [-0.3, -0.25) is 23.7 Å². The summed E-state index contributed by atoms with van der Waals surface area (Å²) in [6.07, 6.45) is 3.58. The molecule has 0 radical (unpaired) electrons. The summed E-state index contributed by atoms with van der Waals surface area (Å²) in [4.78, 5) is 42.8. The van der Waals surface area contributed by atoms with Crippen LogP contribution in [-0.4, -0.2) is 90.2 Å². The number of guanidine groups is 1. The number of hydrogen-bond donors (Lipinski definition) is 6. The lowest BCUT2D eigenvalue weighted by Crippen LogP contribution is -2.54. The van der Waals surface area contributed by atoms with Crippen LogP contribution in [0.3, 0.4) is 0 Å². The van der Waals surface area contributed by atoms with Crippen LogP contribution in [0.4, 0.5) is 0 Å². The van der Waals surface area contributed by atoms with Crippen LogP contribution in [0.5, 0.6) is 0 Å². The van der Waals surface area contributed by atoms with Crippen molar-refractivity contribution in [1.29, 1.82) is 0 Å². The minimum absolute atomic E-state index is 0. The van der Waals surface area contributed by atoms with Gasteiger partial charge in [0.2, 0.25) is 11.8 Å². The number of nitrogens with one attached hydrogen (secondary N) is 2. The molecule has 36 heavy (non-hydrogen) atoms. The van der Waals surface area contributed by atoms with Crippen LogP contribution < -0.4 is 22.1 Å². The SMILES string of the molecule is CN[C@H](Cc1ccccc1)C(=O)N1CCCC1C(=O)NC(C=O)CCCN=C(N)N.O.O=S(=O)(O)O. The Morgan fingerprint density at radius 2 is 1.86 bits per heavy atom. The maximum atomic E-state index is 13.1. The second kappa shape index (κ2) is 16.5. The largest absolute Gasteiger partial charge is 0.412 e. The number of benzene rings is 1. The Labute approximate surface area is 210 Å². The molecule has 0 aliphatic carbocycles. The summed E-state index contributed by atoms with van der Waals surface area (Å²) in [6.45, 7) is 0.917. The van der Waals surface area contributed by atoms with Crippen molar-refractivity contribution in [3.8, 4) is 0 Å². The van der Waals surface area contributed by atoms with E-state index >= 15 is 0 Å². The number of likely N-dealkylation sites (N-methyl/N-ethyl adjacent to an activating group) is 1. The number of rotatable bonds is 11. The van der Waals surface area contributed by atoms with E-state index in [2.05, 4.69) is 15.6 Å². The van der Waals surface area contributed by atoms with Crippen molar-refractivity contribution in [3.05, 3.63) is 35.9 Å². The summed E-state index contributed by atoms with van der Waals surface area (Å²) < 4.78 is 31.6. The molecule has 1 aliphatic heterocycles. The van der Waals surface area contributed by atoms with E-state index in [1.54, 1.807) is 11.9 Å². The number of aldehydes is 1. The second-order valence-electron chi connectivity index (χ2n) is 7.87. The van der Waals surface area contributed by atoms with Crippen molar-refractivity contribution in [2.45, 2.75) is 50.2 Å². The van der Waals surface area contributed by atoms with Gasteiger partial charge in [-0.05, 0) is 44.7 Å². The topological polar surface area (TPSA) is 249 Å². The molecule has 1 fully saturated rings. The van der Waals surface area contributed by atoms with Crippen LogP contribution in [0.2, 0.25) is 0 Å². The number of carbonyl (C=O) groups excluding carboxylic acids is 3. The summed E-state index contributed by atoms with van der Waals surface area (Å²) in [6, 6.07) is 8.14. The number of likely N-dealkylation sites (tertiary alicyclic amines) is 1. The molecule has 1 saturated heterocycles. The molecule has 2 amide bonds. The first-order valence-electron chi connectivity index (χ1n) is 11.0. The number of carbonyl (C=O) groups is 3. The van der Waals surface area contributed by atoms with Crippen LogP contribution >= 0.6 is 0 Å². The Hall–Kier alpha value is -3.11. The highest BCUT2D eigenvalue weighted by atomic mass is 32.3. The van der Waals surface area contributed by atoms with Gasteiger partial charge in [0.05, 0.1) is 12.1 Å². The fourth-order valence-electron chi connectivity index (χ4n) is 3.64. The minimum atomic E-state index is -4.67. The van der Waals surface area contributed by atoms with Gasteiger partial charge in [-0.1, -0.05) is 30.3 Å². The zero-order valence-electron chi connectivity index (χ0n) is 20.0. The summed E-state index contributed by atoms with van der Waals surface area (Å²) in [5, 5.41) is 5.83. The van der Waals surface area contributed by atoms with Crippen molar-refractivity contribution in [2.75, 3.05) is 20.1 Å². The Kier molecular flexibility index (Phi) is 15.1. The van der Waals surface area contributed by atoms with Crippen LogP contribution in [0.1, 0.15) is 31.2 Å². The first-order chi connectivity index (χ1) is 16.5. The Bertz CT molecular complexity index is 948. The van der Waals surface area contributed by atoms with E-state index in [4.69, 9.17) is 29.0 Å². The number of nitrogens with zero attached hydrogens (tertiary/aromatic N) is 2. The molecule has 14 nitrogen and oxygen atoms in total.